The van der Waals surface area contributed by atoms with Crippen molar-refractivity contribution in [2.24, 2.45) is 5.10 Å². The molecular weight excluding hydrogens is 482 g/mol. The van der Waals surface area contributed by atoms with Crippen molar-refractivity contribution in [1.29, 1.82) is 0 Å². The second-order valence-corrected chi connectivity index (χ2v) is 8.97. The molecule has 1 aromatic heterocycles. The van der Waals surface area contributed by atoms with Crippen LogP contribution in [0.4, 0.5) is 0 Å². The van der Waals surface area contributed by atoms with Crippen LogP contribution in [0.15, 0.2) is 90.9 Å². The molecule has 0 saturated carbocycles. The molecule has 0 aliphatic rings. The molecule has 4 aromatic rings. The predicted molar refractivity (Wildman–Crippen MR) is 128 cm³/mol. The van der Waals surface area contributed by atoms with Gasteiger partial charge in [0.15, 0.2) is 0 Å². The highest BCUT2D eigenvalue weighted by atomic mass is 79.9. The van der Waals surface area contributed by atoms with E-state index in [1.807, 2.05) is 67.6 Å². The minimum atomic E-state index is -0.183. The molecule has 150 valence electrons. The summed E-state index contributed by atoms with van der Waals surface area (Å²) >= 11 is 11.0. The van der Waals surface area contributed by atoms with Crippen molar-refractivity contribution >= 4 is 56.4 Å². The zero-order valence-corrected chi connectivity index (χ0v) is 19.2. The number of benzene rings is 3. The third-order valence-corrected chi connectivity index (χ3v) is 6.31. The molecule has 30 heavy (non-hydrogen) atoms. The average molecular weight is 499 g/mol. The maximum Gasteiger partial charge on any atom is 0.282 e. The van der Waals surface area contributed by atoms with Crippen molar-refractivity contribution < 1.29 is 0 Å². The van der Waals surface area contributed by atoms with Crippen molar-refractivity contribution in [3.8, 4) is 0 Å². The maximum atomic E-state index is 13.1. The lowest BCUT2D eigenvalue weighted by atomic mass is 10.2. The molecule has 0 unspecified atom stereocenters. The summed E-state index contributed by atoms with van der Waals surface area (Å²) in [5, 5.41) is 5.74. The number of halogens is 2. The molecule has 0 atom stereocenters. The van der Waals surface area contributed by atoms with Crippen molar-refractivity contribution in [3.05, 3.63) is 98.0 Å². The molecule has 0 bridgehead atoms. The molecule has 0 N–H and O–H groups in total. The third-order valence-electron chi connectivity index (χ3n) is 4.46. The smallest absolute Gasteiger partial charge is 0.267 e. The van der Waals surface area contributed by atoms with E-state index in [0.29, 0.717) is 28.2 Å². The Hall–Kier alpha value is -2.41. The van der Waals surface area contributed by atoms with Crippen LogP contribution in [0.5, 0.6) is 0 Å². The number of aromatic nitrogens is 2. The van der Waals surface area contributed by atoms with Crippen LogP contribution in [0.3, 0.4) is 0 Å². The van der Waals surface area contributed by atoms with Gasteiger partial charge in [-0.3, -0.25) is 4.79 Å². The zero-order chi connectivity index (χ0) is 21.1. The number of aryl methyl sites for hydroxylation is 1. The summed E-state index contributed by atoms with van der Waals surface area (Å²) < 4.78 is 2.22. The number of nitrogens with zero attached hydrogens (tertiary/aromatic N) is 3. The summed E-state index contributed by atoms with van der Waals surface area (Å²) in [7, 11) is 0. The van der Waals surface area contributed by atoms with E-state index >= 15 is 0 Å². The molecule has 7 heteroatoms. The SMILES string of the molecule is CCc1nc2ccc(Br)cc2c(=O)n1N=Cc1ccccc1Sc1ccc(Cl)cc1. The quantitative estimate of drug-likeness (QED) is 0.299. The molecule has 0 radical (unpaired) electrons. The van der Waals surface area contributed by atoms with Gasteiger partial charge in [-0.2, -0.15) is 9.78 Å². The van der Waals surface area contributed by atoms with Gasteiger partial charge >= 0.3 is 0 Å². The number of hydrogen-bond acceptors (Lipinski definition) is 4. The van der Waals surface area contributed by atoms with Gasteiger partial charge in [0.05, 0.1) is 17.1 Å². The Kier molecular flexibility index (Phi) is 6.37. The predicted octanol–water partition coefficient (Wildman–Crippen LogP) is 6.41. The lowest BCUT2D eigenvalue weighted by molar-refractivity contribution is 0.734. The third kappa shape index (κ3) is 4.51. The summed E-state index contributed by atoms with van der Waals surface area (Å²) in [5.74, 6) is 0.619. The standard InChI is InChI=1S/C23H17BrClN3OS/c1-2-22-27-20-12-7-16(24)13-19(20)23(29)28(22)26-14-15-5-3-4-6-21(15)30-18-10-8-17(25)9-11-18/h3-14H,2H2,1H3. The molecule has 0 amide bonds. The van der Waals surface area contributed by atoms with Crippen LogP contribution in [0, 0.1) is 0 Å². The Morgan fingerprint density at radius 3 is 2.67 bits per heavy atom. The molecule has 1 heterocycles. The minimum absolute atomic E-state index is 0.183. The van der Waals surface area contributed by atoms with Crippen LogP contribution in [-0.2, 0) is 6.42 Å². The largest absolute Gasteiger partial charge is 0.282 e. The first-order chi connectivity index (χ1) is 14.5. The van der Waals surface area contributed by atoms with Gasteiger partial charge in [0, 0.05) is 31.3 Å². The summed E-state index contributed by atoms with van der Waals surface area (Å²) in [6.07, 6.45) is 2.31. The van der Waals surface area contributed by atoms with E-state index in [1.165, 1.54) is 4.68 Å². The number of rotatable bonds is 5. The van der Waals surface area contributed by atoms with Gasteiger partial charge in [-0.25, -0.2) is 4.98 Å². The van der Waals surface area contributed by atoms with Crippen LogP contribution >= 0.6 is 39.3 Å². The van der Waals surface area contributed by atoms with Gasteiger partial charge in [0.25, 0.3) is 5.56 Å². The first-order valence-electron chi connectivity index (χ1n) is 9.33. The fraction of sp³-hybridized carbons (Fsp3) is 0.0870. The molecule has 4 rings (SSSR count). The fourth-order valence-corrected chi connectivity index (χ4v) is 4.37. The normalized spacial score (nSPS) is 11.4. The van der Waals surface area contributed by atoms with Gasteiger partial charge in [-0.15, -0.1) is 0 Å². The topological polar surface area (TPSA) is 47.2 Å². The molecule has 3 aromatic carbocycles. The van der Waals surface area contributed by atoms with Crippen molar-refractivity contribution in [2.75, 3.05) is 0 Å². The second-order valence-electron chi connectivity index (χ2n) is 6.50. The first kappa shape index (κ1) is 20.8. The fourth-order valence-electron chi connectivity index (χ4n) is 2.97. The lowest BCUT2D eigenvalue weighted by Gasteiger charge is -2.09. The van der Waals surface area contributed by atoms with E-state index in [0.717, 1.165) is 19.8 Å². The van der Waals surface area contributed by atoms with E-state index in [9.17, 15) is 4.79 Å². The van der Waals surface area contributed by atoms with Gasteiger partial charge in [0.2, 0.25) is 0 Å². The first-order valence-corrected chi connectivity index (χ1v) is 11.3. The van der Waals surface area contributed by atoms with Gasteiger partial charge in [0.1, 0.15) is 5.82 Å². The van der Waals surface area contributed by atoms with E-state index < -0.39 is 0 Å². The highest BCUT2D eigenvalue weighted by Gasteiger charge is 2.10. The molecule has 0 aliphatic carbocycles. The Bertz CT molecular complexity index is 1300. The van der Waals surface area contributed by atoms with E-state index in [-0.39, 0.29) is 5.56 Å². The maximum absolute atomic E-state index is 13.1. The minimum Gasteiger partial charge on any atom is -0.267 e. The monoisotopic (exact) mass is 497 g/mol. The summed E-state index contributed by atoms with van der Waals surface area (Å²) in [6.45, 7) is 1.96. The summed E-state index contributed by atoms with van der Waals surface area (Å²) in [6, 6.07) is 21.1. The van der Waals surface area contributed by atoms with Crippen LogP contribution in [0.25, 0.3) is 10.9 Å². The molecule has 0 saturated heterocycles. The Labute approximate surface area is 191 Å². The molecule has 0 spiro atoms. The van der Waals surface area contributed by atoms with Crippen LogP contribution in [0.2, 0.25) is 5.02 Å². The number of fused-ring (bicyclic) bond motifs is 1. The summed E-state index contributed by atoms with van der Waals surface area (Å²) in [5.41, 5.74) is 1.41. The highest BCUT2D eigenvalue weighted by Crippen LogP contribution is 2.30. The Balaban J connectivity index is 1.74. The van der Waals surface area contributed by atoms with E-state index in [2.05, 4.69) is 26.0 Å². The van der Waals surface area contributed by atoms with Crippen molar-refractivity contribution in [3.63, 3.8) is 0 Å². The molecule has 4 nitrogen and oxygen atoms in total. The Morgan fingerprint density at radius 1 is 1.13 bits per heavy atom. The number of hydrogen-bond donors (Lipinski definition) is 0. The van der Waals surface area contributed by atoms with Crippen LogP contribution in [-0.4, -0.2) is 15.9 Å². The molecule has 0 fully saturated rings. The van der Waals surface area contributed by atoms with Gasteiger partial charge in [-0.05, 0) is 48.5 Å². The Morgan fingerprint density at radius 2 is 1.90 bits per heavy atom. The van der Waals surface area contributed by atoms with E-state index in [1.54, 1.807) is 24.0 Å². The van der Waals surface area contributed by atoms with Gasteiger partial charge < -0.3 is 0 Å². The zero-order valence-electron chi connectivity index (χ0n) is 16.0. The summed E-state index contributed by atoms with van der Waals surface area (Å²) in [4.78, 5) is 19.8. The van der Waals surface area contributed by atoms with Crippen molar-refractivity contribution in [2.45, 2.75) is 23.1 Å². The molecule has 0 aliphatic heterocycles. The molecular formula is C23H17BrClN3OS. The average Bonchev–Trinajstić information content (AvgIpc) is 2.76. The van der Waals surface area contributed by atoms with Crippen molar-refractivity contribution in [1.82, 2.24) is 9.66 Å². The lowest BCUT2D eigenvalue weighted by Crippen LogP contribution is -2.22. The van der Waals surface area contributed by atoms with Gasteiger partial charge in [-0.1, -0.05) is 64.4 Å². The highest BCUT2D eigenvalue weighted by molar-refractivity contribution is 9.10. The second kappa shape index (κ2) is 9.16. The van der Waals surface area contributed by atoms with Crippen LogP contribution < -0.4 is 5.56 Å². The van der Waals surface area contributed by atoms with E-state index in [4.69, 9.17) is 11.6 Å². The van der Waals surface area contributed by atoms with Crippen LogP contribution in [0.1, 0.15) is 18.3 Å².